The molecule has 4 amide bonds. The summed E-state index contributed by atoms with van der Waals surface area (Å²) in [7, 11) is 1.72. The Bertz CT molecular complexity index is 609. The smallest absolute Gasteiger partial charge is 0.312 e. The van der Waals surface area contributed by atoms with Crippen molar-refractivity contribution in [1.82, 2.24) is 20.5 Å². The third kappa shape index (κ3) is 5.68. The molecule has 0 aliphatic heterocycles. The van der Waals surface area contributed by atoms with Crippen LogP contribution in [0.25, 0.3) is 0 Å². The number of aliphatic hydroxyl groups is 1. The van der Waals surface area contributed by atoms with E-state index in [0.29, 0.717) is 25.8 Å². The number of nitrogens with zero attached hydrogens (tertiary/aromatic N) is 2. The first-order valence-electron chi connectivity index (χ1n) is 7.99. The number of amides is 4. The summed E-state index contributed by atoms with van der Waals surface area (Å²) in [5.74, 6) is -0.761. The molecule has 1 fully saturated rings. The third-order valence-corrected chi connectivity index (χ3v) is 4.83. The minimum Gasteiger partial charge on any atom is -0.391 e. The predicted octanol–water partition coefficient (Wildman–Crippen LogP) is -0.584. The van der Waals surface area contributed by atoms with Gasteiger partial charge in [0.15, 0.2) is 0 Å². The van der Waals surface area contributed by atoms with Crippen molar-refractivity contribution in [2.45, 2.75) is 38.0 Å². The first kappa shape index (κ1) is 19.1. The minimum atomic E-state index is -0.795. The van der Waals surface area contributed by atoms with Crippen LogP contribution >= 0.6 is 11.3 Å². The highest BCUT2D eigenvalue weighted by atomic mass is 32.1. The summed E-state index contributed by atoms with van der Waals surface area (Å²) < 4.78 is 0. The molecule has 1 saturated carbocycles. The molecule has 1 aliphatic rings. The molecule has 0 bridgehead atoms. The van der Waals surface area contributed by atoms with Crippen molar-refractivity contribution in [1.29, 1.82) is 0 Å². The fraction of sp³-hybridized carbons (Fsp3) is 0.600. The largest absolute Gasteiger partial charge is 0.391 e. The number of thiazole rings is 1. The minimum absolute atomic E-state index is 0.0330. The van der Waals surface area contributed by atoms with E-state index in [1.807, 2.05) is 5.38 Å². The molecule has 25 heavy (non-hydrogen) atoms. The topological polar surface area (TPSA) is 138 Å². The third-order valence-electron chi connectivity index (χ3n) is 4.19. The standard InChI is InChI=1S/C15H23N5O4S/c1-20(6-10-7-25-8-18-10)14(23)9-2-3-12(21)11(4-9)19-13(22)5-17-15(16)24/h7-9,11-12,21H,2-6H2,1H3,(H,19,22)(H3,16,17,24)/t9-,11+,12+/m0/s1. The van der Waals surface area contributed by atoms with Gasteiger partial charge in [-0.3, -0.25) is 9.59 Å². The first-order valence-corrected chi connectivity index (χ1v) is 8.94. The maximum absolute atomic E-state index is 12.6. The molecule has 0 unspecified atom stereocenters. The number of nitrogens with one attached hydrogen (secondary N) is 2. The summed E-state index contributed by atoms with van der Waals surface area (Å²) in [6.45, 7) is 0.168. The van der Waals surface area contributed by atoms with E-state index in [4.69, 9.17) is 5.73 Å². The molecule has 10 heteroatoms. The lowest BCUT2D eigenvalue weighted by molar-refractivity contribution is -0.137. The van der Waals surface area contributed by atoms with Gasteiger partial charge in [-0.2, -0.15) is 0 Å². The Labute approximate surface area is 149 Å². The molecule has 0 spiro atoms. The zero-order chi connectivity index (χ0) is 18.4. The SMILES string of the molecule is CN(Cc1cscn1)C(=O)[C@H]1CC[C@@H](O)[C@H](NC(=O)CNC(N)=O)C1. The van der Waals surface area contributed by atoms with Crippen LogP contribution in [0, 0.1) is 5.92 Å². The van der Waals surface area contributed by atoms with E-state index in [2.05, 4.69) is 15.6 Å². The molecule has 1 aromatic heterocycles. The van der Waals surface area contributed by atoms with Gasteiger partial charge in [0.1, 0.15) is 0 Å². The molecule has 0 saturated heterocycles. The number of hydrogen-bond donors (Lipinski definition) is 4. The Kier molecular flexibility index (Phi) is 6.71. The summed E-state index contributed by atoms with van der Waals surface area (Å²) in [5.41, 5.74) is 7.47. The van der Waals surface area contributed by atoms with Gasteiger partial charge < -0.3 is 26.4 Å². The van der Waals surface area contributed by atoms with E-state index >= 15 is 0 Å². The van der Waals surface area contributed by atoms with Crippen LogP contribution in [0.4, 0.5) is 4.79 Å². The number of carbonyl (C=O) groups is 3. The van der Waals surface area contributed by atoms with Gasteiger partial charge in [0.05, 0.1) is 36.4 Å². The number of urea groups is 1. The highest BCUT2D eigenvalue weighted by molar-refractivity contribution is 7.07. The number of carbonyl (C=O) groups excluding carboxylic acids is 3. The molecule has 3 atom stereocenters. The van der Waals surface area contributed by atoms with Crippen LogP contribution in [0.3, 0.4) is 0 Å². The van der Waals surface area contributed by atoms with E-state index < -0.39 is 24.1 Å². The van der Waals surface area contributed by atoms with Crippen molar-refractivity contribution in [2.75, 3.05) is 13.6 Å². The number of hydrogen-bond acceptors (Lipinski definition) is 6. The highest BCUT2D eigenvalue weighted by Crippen LogP contribution is 2.26. The molecule has 1 aliphatic carbocycles. The summed E-state index contributed by atoms with van der Waals surface area (Å²) in [4.78, 5) is 40.8. The normalized spacial score (nSPS) is 22.9. The molecular weight excluding hydrogens is 346 g/mol. The van der Waals surface area contributed by atoms with Crippen LogP contribution in [-0.2, 0) is 16.1 Å². The quantitative estimate of drug-likeness (QED) is 0.531. The molecule has 1 aromatic rings. The maximum atomic E-state index is 12.6. The summed E-state index contributed by atoms with van der Waals surface area (Å²) in [6.07, 6.45) is 0.622. The van der Waals surface area contributed by atoms with Gasteiger partial charge in [0, 0.05) is 18.3 Å². The van der Waals surface area contributed by atoms with Gasteiger partial charge in [0.2, 0.25) is 11.8 Å². The zero-order valence-corrected chi connectivity index (χ0v) is 14.8. The molecule has 1 heterocycles. The van der Waals surface area contributed by atoms with E-state index in [1.165, 1.54) is 11.3 Å². The molecule has 5 N–H and O–H groups in total. The maximum Gasteiger partial charge on any atom is 0.312 e. The number of primary amides is 1. The second kappa shape index (κ2) is 8.77. The molecule has 9 nitrogen and oxygen atoms in total. The van der Waals surface area contributed by atoms with E-state index in [1.54, 1.807) is 17.5 Å². The van der Waals surface area contributed by atoms with Crippen LogP contribution in [0.5, 0.6) is 0 Å². The van der Waals surface area contributed by atoms with E-state index in [9.17, 15) is 19.5 Å². The van der Waals surface area contributed by atoms with Crippen molar-refractivity contribution in [3.8, 4) is 0 Å². The Morgan fingerprint density at radius 3 is 2.84 bits per heavy atom. The number of aliphatic hydroxyl groups excluding tert-OH is 1. The van der Waals surface area contributed by atoms with Crippen molar-refractivity contribution >= 4 is 29.2 Å². The Hall–Kier alpha value is -2.20. The molecular formula is C15H23N5O4S. The monoisotopic (exact) mass is 369 g/mol. The van der Waals surface area contributed by atoms with Gasteiger partial charge in [-0.05, 0) is 19.3 Å². The second-order valence-electron chi connectivity index (χ2n) is 6.14. The van der Waals surface area contributed by atoms with Crippen molar-refractivity contribution in [3.05, 3.63) is 16.6 Å². The highest BCUT2D eigenvalue weighted by Gasteiger charge is 2.35. The predicted molar refractivity (Wildman–Crippen MR) is 91.5 cm³/mol. The van der Waals surface area contributed by atoms with Gasteiger partial charge in [-0.1, -0.05) is 0 Å². The first-order chi connectivity index (χ1) is 11.9. The average molecular weight is 369 g/mol. The Morgan fingerprint density at radius 2 is 2.20 bits per heavy atom. The molecule has 138 valence electrons. The fourth-order valence-electron chi connectivity index (χ4n) is 2.91. The summed E-state index contributed by atoms with van der Waals surface area (Å²) in [6, 6.07) is -1.33. The van der Waals surface area contributed by atoms with Crippen LogP contribution in [0.1, 0.15) is 25.0 Å². The Morgan fingerprint density at radius 1 is 1.44 bits per heavy atom. The van der Waals surface area contributed by atoms with Crippen LogP contribution < -0.4 is 16.4 Å². The lowest BCUT2D eigenvalue weighted by Crippen LogP contribution is -2.52. The van der Waals surface area contributed by atoms with Crippen LogP contribution in [0.2, 0.25) is 0 Å². The van der Waals surface area contributed by atoms with Crippen LogP contribution in [0.15, 0.2) is 10.9 Å². The van der Waals surface area contributed by atoms with E-state index in [0.717, 1.165) is 5.69 Å². The van der Waals surface area contributed by atoms with Crippen molar-refractivity contribution in [3.63, 3.8) is 0 Å². The lowest BCUT2D eigenvalue weighted by atomic mass is 9.83. The van der Waals surface area contributed by atoms with E-state index in [-0.39, 0.29) is 18.4 Å². The van der Waals surface area contributed by atoms with Gasteiger partial charge in [-0.25, -0.2) is 9.78 Å². The summed E-state index contributed by atoms with van der Waals surface area (Å²) in [5, 5.41) is 16.8. The molecule has 2 rings (SSSR count). The zero-order valence-electron chi connectivity index (χ0n) is 14.0. The van der Waals surface area contributed by atoms with Gasteiger partial charge in [0.25, 0.3) is 0 Å². The van der Waals surface area contributed by atoms with Gasteiger partial charge in [-0.15, -0.1) is 11.3 Å². The fourth-order valence-corrected chi connectivity index (χ4v) is 3.46. The van der Waals surface area contributed by atoms with Crippen molar-refractivity contribution in [2.24, 2.45) is 11.7 Å². The number of nitrogens with two attached hydrogens (primary N) is 1. The lowest BCUT2D eigenvalue weighted by Gasteiger charge is -2.34. The van der Waals surface area contributed by atoms with Gasteiger partial charge >= 0.3 is 6.03 Å². The Balaban J connectivity index is 1.88. The van der Waals surface area contributed by atoms with Crippen molar-refractivity contribution < 1.29 is 19.5 Å². The molecule has 0 radical (unpaired) electrons. The summed E-state index contributed by atoms with van der Waals surface area (Å²) >= 11 is 1.47. The number of rotatable bonds is 6. The second-order valence-corrected chi connectivity index (χ2v) is 6.86. The average Bonchev–Trinajstić information content (AvgIpc) is 3.07. The number of aromatic nitrogens is 1. The van der Waals surface area contributed by atoms with Crippen LogP contribution in [-0.4, -0.2) is 58.6 Å². The molecule has 0 aromatic carbocycles.